The lowest BCUT2D eigenvalue weighted by Crippen LogP contribution is -2.39. The molecule has 2 heterocycles. The number of nitrogens with zero attached hydrogens (tertiary/aromatic N) is 2. The minimum atomic E-state index is -0.0429. The van der Waals surface area contributed by atoms with Gasteiger partial charge in [0.1, 0.15) is 0 Å². The van der Waals surface area contributed by atoms with Crippen molar-refractivity contribution >= 4 is 52.6 Å². The zero-order valence-corrected chi connectivity index (χ0v) is 21.8. The Morgan fingerprint density at radius 2 is 1.88 bits per heavy atom. The molecule has 2 aromatic carbocycles. The Bertz CT molecular complexity index is 1020. The number of likely N-dealkylation sites (tertiary alicyclic amines) is 1. The van der Waals surface area contributed by atoms with Crippen LogP contribution in [0.2, 0.25) is 10.0 Å². The normalized spacial score (nSPS) is 17.9. The number of hydrogen-bond donors (Lipinski definition) is 1. The molecule has 1 amide bonds. The molecule has 0 bridgehead atoms. The molecule has 0 radical (unpaired) electrons. The molecule has 2 aromatic rings. The first-order chi connectivity index (χ1) is 16.5. The summed E-state index contributed by atoms with van der Waals surface area (Å²) in [5.74, 6) is -0.0429. The summed E-state index contributed by atoms with van der Waals surface area (Å²) in [5.41, 5.74) is 1.86. The number of halogens is 2. The largest absolute Gasteiger partial charge is 0.382 e. The van der Waals surface area contributed by atoms with Gasteiger partial charge >= 0.3 is 0 Å². The molecule has 8 heteroatoms. The van der Waals surface area contributed by atoms with E-state index in [1.54, 1.807) is 28.8 Å². The molecule has 0 aromatic heterocycles. The summed E-state index contributed by atoms with van der Waals surface area (Å²) in [6.07, 6.45) is 5.61. The summed E-state index contributed by atoms with van der Waals surface area (Å²) in [6, 6.07) is 12.8. The summed E-state index contributed by atoms with van der Waals surface area (Å²) in [6.45, 7) is 8.02. The first-order valence-electron chi connectivity index (χ1n) is 11.8. The van der Waals surface area contributed by atoms with Crippen molar-refractivity contribution in [2.45, 2.75) is 35.6 Å². The van der Waals surface area contributed by atoms with Gasteiger partial charge in [-0.3, -0.25) is 4.79 Å². The fraction of sp³-hybridized carbons (Fsp3) is 0.423. The van der Waals surface area contributed by atoms with E-state index in [2.05, 4.69) is 41.4 Å². The Balaban J connectivity index is 1.39. The van der Waals surface area contributed by atoms with E-state index < -0.39 is 0 Å². The summed E-state index contributed by atoms with van der Waals surface area (Å²) in [7, 11) is 0. The third-order valence-electron chi connectivity index (χ3n) is 6.27. The van der Waals surface area contributed by atoms with Crippen LogP contribution in [0, 0.1) is 0 Å². The maximum atomic E-state index is 12.4. The Kier molecular flexibility index (Phi) is 9.20. The molecule has 2 fully saturated rings. The molecule has 1 N–H and O–H groups in total. The Labute approximate surface area is 216 Å². The second-order valence-corrected chi connectivity index (χ2v) is 10.4. The summed E-state index contributed by atoms with van der Waals surface area (Å²) < 4.78 is 5.30. The highest BCUT2D eigenvalue weighted by atomic mass is 35.5. The zero-order chi connectivity index (χ0) is 23.9. The van der Waals surface area contributed by atoms with E-state index in [1.165, 1.54) is 0 Å². The van der Waals surface area contributed by atoms with Crippen molar-refractivity contribution in [1.29, 1.82) is 0 Å². The molecule has 2 aliphatic rings. The van der Waals surface area contributed by atoms with Gasteiger partial charge in [0.15, 0.2) is 0 Å². The van der Waals surface area contributed by atoms with Gasteiger partial charge in [0.05, 0.1) is 23.3 Å². The average Bonchev–Trinajstić information content (AvgIpc) is 2.87. The molecule has 5 nitrogen and oxygen atoms in total. The van der Waals surface area contributed by atoms with Gasteiger partial charge in [-0.1, -0.05) is 54.0 Å². The van der Waals surface area contributed by atoms with Crippen LogP contribution in [0.1, 0.15) is 25.3 Å². The molecule has 2 saturated heterocycles. The first kappa shape index (κ1) is 25.4. The minimum absolute atomic E-state index is 0.0429. The van der Waals surface area contributed by atoms with Gasteiger partial charge < -0.3 is 19.9 Å². The number of ether oxygens (including phenoxy) is 1. The number of carbonyl (C=O) groups excluding carboxylic acids is 1. The van der Waals surface area contributed by atoms with Gasteiger partial charge in [0.25, 0.3) is 0 Å². The van der Waals surface area contributed by atoms with E-state index >= 15 is 0 Å². The molecule has 34 heavy (non-hydrogen) atoms. The number of anilines is 1. The second kappa shape index (κ2) is 12.3. The van der Waals surface area contributed by atoms with Crippen molar-refractivity contribution in [1.82, 2.24) is 9.80 Å². The number of carbonyl (C=O) groups is 1. The lowest BCUT2D eigenvalue weighted by molar-refractivity contribution is -0.129. The highest BCUT2D eigenvalue weighted by Crippen LogP contribution is 2.40. The van der Waals surface area contributed by atoms with Gasteiger partial charge in [0.2, 0.25) is 5.91 Å². The summed E-state index contributed by atoms with van der Waals surface area (Å²) in [4.78, 5) is 18.6. The van der Waals surface area contributed by atoms with Crippen LogP contribution >= 0.6 is 35.0 Å². The Morgan fingerprint density at radius 1 is 1.12 bits per heavy atom. The number of morpholine rings is 1. The highest BCUT2D eigenvalue weighted by molar-refractivity contribution is 7.99. The number of benzene rings is 2. The Morgan fingerprint density at radius 3 is 2.62 bits per heavy atom. The van der Waals surface area contributed by atoms with Gasteiger partial charge in [-0.15, -0.1) is 0 Å². The van der Waals surface area contributed by atoms with Crippen molar-refractivity contribution in [3.8, 4) is 0 Å². The lowest BCUT2D eigenvalue weighted by Gasteiger charge is -2.32. The quantitative estimate of drug-likeness (QED) is 0.460. The minimum Gasteiger partial charge on any atom is -0.382 e. The smallest absolute Gasteiger partial charge is 0.246 e. The monoisotopic (exact) mass is 519 g/mol. The number of rotatable bonds is 7. The van der Waals surface area contributed by atoms with Crippen LogP contribution in [0.3, 0.4) is 0 Å². The van der Waals surface area contributed by atoms with E-state index in [0.717, 1.165) is 53.5 Å². The molecular formula is C26H31Cl2N3O2S. The van der Waals surface area contributed by atoms with E-state index in [4.69, 9.17) is 27.9 Å². The second-order valence-electron chi connectivity index (χ2n) is 8.53. The van der Waals surface area contributed by atoms with E-state index in [9.17, 15) is 4.79 Å². The lowest BCUT2D eigenvalue weighted by atomic mass is 10.0. The average molecular weight is 521 g/mol. The van der Waals surface area contributed by atoms with Crippen molar-refractivity contribution in [3.05, 3.63) is 58.1 Å². The highest BCUT2D eigenvalue weighted by Gasteiger charge is 2.18. The third-order valence-corrected chi connectivity index (χ3v) is 8.33. The molecule has 0 atom stereocenters. The van der Waals surface area contributed by atoms with Crippen LogP contribution in [0.15, 0.2) is 52.3 Å². The van der Waals surface area contributed by atoms with Gasteiger partial charge in [-0.2, -0.15) is 0 Å². The first-order valence-corrected chi connectivity index (χ1v) is 13.4. The predicted molar refractivity (Wildman–Crippen MR) is 142 cm³/mol. The SMILES string of the molecule is CCN1CCC(Nc2cccc(Sc3ccc(C=CC(=O)N4CCOCC4)c(Cl)c3Cl)c2)CC1. The molecular weight excluding hydrogens is 489 g/mol. The van der Waals surface area contributed by atoms with E-state index in [-0.39, 0.29) is 5.91 Å². The zero-order valence-electron chi connectivity index (χ0n) is 19.4. The van der Waals surface area contributed by atoms with Crippen molar-refractivity contribution in [3.63, 3.8) is 0 Å². The van der Waals surface area contributed by atoms with E-state index in [0.29, 0.717) is 42.4 Å². The molecule has 0 spiro atoms. The molecule has 2 aliphatic heterocycles. The van der Waals surface area contributed by atoms with Gasteiger partial charge in [0, 0.05) is 53.8 Å². The summed E-state index contributed by atoms with van der Waals surface area (Å²) >= 11 is 14.8. The molecule has 4 rings (SSSR count). The fourth-order valence-corrected chi connectivity index (χ4v) is 5.70. The van der Waals surface area contributed by atoms with Crippen LogP contribution in [0.25, 0.3) is 6.08 Å². The third kappa shape index (κ3) is 6.70. The number of piperidine rings is 1. The van der Waals surface area contributed by atoms with Gasteiger partial charge in [-0.05, 0) is 55.3 Å². The van der Waals surface area contributed by atoms with Crippen LogP contribution < -0.4 is 5.32 Å². The maximum absolute atomic E-state index is 12.4. The standard InChI is InChI=1S/C26H31Cl2N3O2S/c1-2-30-12-10-20(11-13-30)29-21-4-3-5-22(18-21)34-23-8-6-19(25(27)26(23)28)7-9-24(32)31-14-16-33-17-15-31/h3-9,18,20,29H,2,10-17H2,1H3. The maximum Gasteiger partial charge on any atom is 0.246 e. The van der Waals surface area contributed by atoms with E-state index in [1.807, 2.05) is 12.1 Å². The van der Waals surface area contributed by atoms with Crippen LogP contribution in [-0.2, 0) is 9.53 Å². The van der Waals surface area contributed by atoms with Crippen molar-refractivity contribution in [2.75, 3.05) is 51.3 Å². The molecule has 0 aliphatic carbocycles. The number of amides is 1. The van der Waals surface area contributed by atoms with Crippen molar-refractivity contribution in [2.24, 2.45) is 0 Å². The van der Waals surface area contributed by atoms with Crippen LogP contribution in [0.5, 0.6) is 0 Å². The van der Waals surface area contributed by atoms with Crippen molar-refractivity contribution < 1.29 is 9.53 Å². The molecule has 182 valence electrons. The molecule has 0 saturated carbocycles. The number of nitrogens with one attached hydrogen (secondary N) is 1. The van der Waals surface area contributed by atoms with Gasteiger partial charge in [-0.25, -0.2) is 0 Å². The molecule has 0 unspecified atom stereocenters. The topological polar surface area (TPSA) is 44.8 Å². The fourth-order valence-electron chi connectivity index (χ4n) is 4.21. The Hall–Kier alpha value is -1.70. The number of hydrogen-bond acceptors (Lipinski definition) is 5. The predicted octanol–water partition coefficient (Wildman–Crippen LogP) is 5.91. The van der Waals surface area contributed by atoms with Crippen LogP contribution in [-0.4, -0.2) is 67.7 Å². The summed E-state index contributed by atoms with van der Waals surface area (Å²) in [5, 5.41) is 4.64. The van der Waals surface area contributed by atoms with Crippen LogP contribution in [0.4, 0.5) is 5.69 Å².